The second-order valence-electron chi connectivity index (χ2n) is 4.39. The van der Waals surface area contributed by atoms with E-state index in [0.717, 1.165) is 6.07 Å². The summed E-state index contributed by atoms with van der Waals surface area (Å²) in [5.74, 6) is -3.45. The van der Waals surface area contributed by atoms with E-state index in [2.05, 4.69) is 5.32 Å². The Morgan fingerprint density at radius 3 is 2.10 bits per heavy atom. The lowest BCUT2D eigenvalue weighted by molar-refractivity contribution is 0.401. The maximum Gasteiger partial charge on any atom is 0.134 e. The van der Waals surface area contributed by atoms with Gasteiger partial charge in [-0.1, -0.05) is 0 Å². The fourth-order valence-electron chi connectivity index (χ4n) is 2.22. The molecule has 2 aromatic rings. The number of hydrogen-bond acceptors (Lipinski definition) is 2. The maximum absolute atomic E-state index is 13.9. The Bertz CT molecular complexity index is 637. The SMILES string of the molecule is CNC(c1cc(F)ccc1OC)c1c(F)cc(F)cc1F. The Labute approximate surface area is 119 Å². The van der Waals surface area contributed by atoms with Crippen molar-refractivity contribution in [1.82, 2.24) is 5.32 Å². The van der Waals surface area contributed by atoms with Crippen molar-refractivity contribution < 1.29 is 22.3 Å². The summed E-state index contributed by atoms with van der Waals surface area (Å²) in [4.78, 5) is 0. The van der Waals surface area contributed by atoms with Gasteiger partial charge in [0.25, 0.3) is 0 Å². The van der Waals surface area contributed by atoms with Crippen LogP contribution < -0.4 is 10.1 Å². The number of halogens is 4. The molecule has 2 aromatic carbocycles. The van der Waals surface area contributed by atoms with Gasteiger partial charge in [-0.25, -0.2) is 17.6 Å². The fourth-order valence-corrected chi connectivity index (χ4v) is 2.22. The van der Waals surface area contributed by atoms with Gasteiger partial charge in [-0.3, -0.25) is 0 Å². The minimum atomic E-state index is -1.06. The van der Waals surface area contributed by atoms with Crippen molar-refractivity contribution in [3.63, 3.8) is 0 Å². The third-order valence-corrected chi connectivity index (χ3v) is 3.12. The van der Waals surface area contributed by atoms with Crippen molar-refractivity contribution in [2.24, 2.45) is 0 Å². The maximum atomic E-state index is 13.9. The van der Waals surface area contributed by atoms with Crippen LogP contribution in [0, 0.1) is 23.3 Å². The molecule has 2 nitrogen and oxygen atoms in total. The number of nitrogens with one attached hydrogen (secondary N) is 1. The molecule has 0 spiro atoms. The Morgan fingerprint density at radius 2 is 1.57 bits per heavy atom. The zero-order valence-corrected chi connectivity index (χ0v) is 11.4. The van der Waals surface area contributed by atoms with Crippen molar-refractivity contribution in [1.29, 1.82) is 0 Å². The molecule has 21 heavy (non-hydrogen) atoms. The van der Waals surface area contributed by atoms with E-state index in [0.29, 0.717) is 12.1 Å². The van der Waals surface area contributed by atoms with Crippen molar-refractivity contribution in [3.8, 4) is 5.75 Å². The van der Waals surface area contributed by atoms with Crippen molar-refractivity contribution in [2.45, 2.75) is 6.04 Å². The lowest BCUT2D eigenvalue weighted by Gasteiger charge is -2.21. The number of benzene rings is 2. The van der Waals surface area contributed by atoms with Crippen molar-refractivity contribution in [2.75, 3.05) is 14.2 Å². The van der Waals surface area contributed by atoms with E-state index >= 15 is 0 Å². The summed E-state index contributed by atoms with van der Waals surface area (Å²) in [6, 6.07) is 3.78. The lowest BCUT2D eigenvalue weighted by Crippen LogP contribution is -2.21. The molecule has 0 bridgehead atoms. The predicted octanol–water partition coefficient (Wildman–Crippen LogP) is 3.56. The van der Waals surface area contributed by atoms with Gasteiger partial charge < -0.3 is 10.1 Å². The van der Waals surface area contributed by atoms with Gasteiger partial charge in [0.05, 0.1) is 13.2 Å². The Kier molecular flexibility index (Phi) is 4.47. The molecule has 0 aliphatic carbocycles. The normalized spacial score (nSPS) is 12.3. The van der Waals surface area contributed by atoms with E-state index in [1.807, 2.05) is 0 Å². The van der Waals surface area contributed by atoms with E-state index < -0.39 is 34.9 Å². The largest absolute Gasteiger partial charge is 0.496 e. The summed E-state index contributed by atoms with van der Waals surface area (Å²) < 4.78 is 59.3. The van der Waals surface area contributed by atoms with Crippen LogP contribution in [-0.2, 0) is 0 Å². The highest BCUT2D eigenvalue weighted by molar-refractivity contribution is 5.42. The summed E-state index contributed by atoms with van der Waals surface area (Å²) in [5.41, 5.74) is -0.188. The second-order valence-corrected chi connectivity index (χ2v) is 4.39. The lowest BCUT2D eigenvalue weighted by atomic mass is 9.96. The molecule has 0 fully saturated rings. The first-order valence-electron chi connectivity index (χ1n) is 6.13. The van der Waals surface area contributed by atoms with Gasteiger partial charge in [-0.2, -0.15) is 0 Å². The van der Waals surface area contributed by atoms with Crippen LogP contribution in [-0.4, -0.2) is 14.2 Å². The van der Waals surface area contributed by atoms with Gasteiger partial charge in [0.15, 0.2) is 0 Å². The molecular formula is C15H13F4NO. The number of rotatable bonds is 4. The fraction of sp³-hybridized carbons (Fsp3) is 0.200. The van der Waals surface area contributed by atoms with E-state index in [9.17, 15) is 17.6 Å². The summed E-state index contributed by atoms with van der Waals surface area (Å²) in [6.07, 6.45) is 0. The topological polar surface area (TPSA) is 21.3 Å². The monoisotopic (exact) mass is 299 g/mol. The third kappa shape index (κ3) is 3.00. The van der Waals surface area contributed by atoms with Crippen LogP contribution in [0.4, 0.5) is 17.6 Å². The first-order valence-corrected chi connectivity index (χ1v) is 6.13. The summed E-state index contributed by atoms with van der Waals surface area (Å²) >= 11 is 0. The number of hydrogen-bond donors (Lipinski definition) is 1. The Morgan fingerprint density at radius 1 is 0.952 bits per heavy atom. The molecular weight excluding hydrogens is 286 g/mol. The van der Waals surface area contributed by atoms with Crippen molar-refractivity contribution in [3.05, 3.63) is 64.7 Å². The van der Waals surface area contributed by atoms with Crippen LogP contribution >= 0.6 is 0 Å². The standard InChI is InChI=1S/C15H13F4NO/c1-20-15(10-5-8(16)3-4-13(10)21-2)14-11(18)6-9(17)7-12(14)19/h3-7,15,20H,1-2H3. The average Bonchev–Trinajstić information content (AvgIpc) is 2.42. The predicted molar refractivity (Wildman–Crippen MR) is 70.2 cm³/mol. The molecule has 0 aliphatic heterocycles. The van der Waals surface area contributed by atoms with Gasteiger partial charge in [0, 0.05) is 23.3 Å². The highest BCUT2D eigenvalue weighted by atomic mass is 19.1. The van der Waals surface area contributed by atoms with Gasteiger partial charge in [-0.05, 0) is 25.2 Å². The molecule has 0 saturated heterocycles. The van der Waals surface area contributed by atoms with Crippen molar-refractivity contribution >= 4 is 0 Å². The highest BCUT2D eigenvalue weighted by Crippen LogP contribution is 2.33. The van der Waals surface area contributed by atoms with Crippen LogP contribution in [0.15, 0.2) is 30.3 Å². The van der Waals surface area contributed by atoms with E-state index in [1.54, 1.807) is 0 Å². The van der Waals surface area contributed by atoms with Gasteiger partial charge in [0.2, 0.25) is 0 Å². The number of methoxy groups -OCH3 is 1. The molecule has 0 saturated carbocycles. The minimum absolute atomic E-state index is 0.212. The molecule has 2 rings (SSSR count). The van der Waals surface area contributed by atoms with E-state index in [-0.39, 0.29) is 11.3 Å². The molecule has 112 valence electrons. The molecule has 1 N–H and O–H groups in total. The third-order valence-electron chi connectivity index (χ3n) is 3.12. The first kappa shape index (κ1) is 15.3. The summed E-state index contributed by atoms with van der Waals surface area (Å²) in [7, 11) is 2.82. The molecule has 0 radical (unpaired) electrons. The van der Waals surface area contributed by atoms with Crippen LogP contribution in [0.3, 0.4) is 0 Å². The van der Waals surface area contributed by atoms with E-state index in [1.165, 1.54) is 26.3 Å². The van der Waals surface area contributed by atoms with Gasteiger partial charge in [-0.15, -0.1) is 0 Å². The quantitative estimate of drug-likeness (QED) is 0.872. The molecule has 0 amide bonds. The zero-order valence-electron chi connectivity index (χ0n) is 11.4. The first-order chi connectivity index (χ1) is 9.97. The molecule has 1 unspecified atom stereocenters. The van der Waals surface area contributed by atoms with Crippen LogP contribution in [0.5, 0.6) is 5.75 Å². The Hall–Kier alpha value is -2.08. The van der Waals surface area contributed by atoms with E-state index in [4.69, 9.17) is 4.74 Å². The van der Waals surface area contributed by atoms with Gasteiger partial charge >= 0.3 is 0 Å². The smallest absolute Gasteiger partial charge is 0.134 e. The molecule has 6 heteroatoms. The minimum Gasteiger partial charge on any atom is -0.496 e. The highest BCUT2D eigenvalue weighted by Gasteiger charge is 2.24. The molecule has 0 aliphatic rings. The second kappa shape index (κ2) is 6.13. The zero-order chi connectivity index (χ0) is 15.6. The molecule has 0 heterocycles. The molecule has 1 atom stereocenters. The molecule has 0 aromatic heterocycles. The summed E-state index contributed by atoms with van der Waals surface area (Å²) in [6.45, 7) is 0. The average molecular weight is 299 g/mol. The van der Waals surface area contributed by atoms with Crippen LogP contribution in [0.1, 0.15) is 17.2 Å². The van der Waals surface area contributed by atoms with Crippen LogP contribution in [0.2, 0.25) is 0 Å². The number of ether oxygens (including phenoxy) is 1. The summed E-state index contributed by atoms with van der Waals surface area (Å²) in [5, 5.41) is 2.69. The van der Waals surface area contributed by atoms with Crippen LogP contribution in [0.25, 0.3) is 0 Å². The Balaban J connectivity index is 2.63. The van der Waals surface area contributed by atoms with Gasteiger partial charge in [0.1, 0.15) is 29.0 Å².